The molecule has 3 aromatic rings. The zero-order valence-electron chi connectivity index (χ0n) is 9.48. The molecule has 2 N–H and O–H groups in total. The van der Waals surface area contributed by atoms with Crippen LogP contribution in [0.1, 0.15) is 11.6 Å². The summed E-state index contributed by atoms with van der Waals surface area (Å²) in [7, 11) is 0. The summed E-state index contributed by atoms with van der Waals surface area (Å²) in [6.07, 6.45) is 0. The van der Waals surface area contributed by atoms with Crippen LogP contribution in [0.3, 0.4) is 0 Å². The number of hydrogen-bond acceptors (Lipinski definition) is 4. The predicted molar refractivity (Wildman–Crippen MR) is 62.7 cm³/mol. The molecule has 17 heavy (non-hydrogen) atoms. The highest BCUT2D eigenvalue weighted by Crippen LogP contribution is 2.25. The van der Waals surface area contributed by atoms with E-state index in [2.05, 4.69) is 15.0 Å². The van der Waals surface area contributed by atoms with Crippen molar-refractivity contribution in [1.29, 1.82) is 0 Å². The minimum Gasteiger partial charge on any atom is -0.508 e. The summed E-state index contributed by atoms with van der Waals surface area (Å²) >= 11 is 0. The molecule has 0 fully saturated rings. The molecule has 0 atom stereocenters. The van der Waals surface area contributed by atoms with E-state index < -0.39 is 0 Å². The molecule has 1 aromatic carbocycles. The summed E-state index contributed by atoms with van der Waals surface area (Å²) in [4.78, 5) is 11.7. The summed E-state index contributed by atoms with van der Waals surface area (Å²) in [5, 5.41) is 9.39. The fraction of sp³-hybridized carbons (Fsp3) is 0.167. The molecule has 2 heterocycles. The third-order valence-corrected chi connectivity index (χ3v) is 2.58. The lowest BCUT2D eigenvalue weighted by Gasteiger charge is -1.89. The van der Waals surface area contributed by atoms with Gasteiger partial charge in [-0.1, -0.05) is 0 Å². The maximum atomic E-state index is 9.39. The SMILES string of the molecule is Cc1nc(C)c(-c2nc3ccc(O)cc3[nH]2)o1. The minimum absolute atomic E-state index is 0.207. The van der Waals surface area contributed by atoms with Crippen molar-refractivity contribution < 1.29 is 9.52 Å². The van der Waals surface area contributed by atoms with Gasteiger partial charge in [0.1, 0.15) is 5.75 Å². The van der Waals surface area contributed by atoms with Crippen molar-refractivity contribution in [2.24, 2.45) is 0 Å². The molecule has 2 aromatic heterocycles. The average molecular weight is 229 g/mol. The van der Waals surface area contributed by atoms with E-state index in [9.17, 15) is 5.11 Å². The molecule has 0 saturated carbocycles. The van der Waals surface area contributed by atoms with Gasteiger partial charge in [-0.25, -0.2) is 9.97 Å². The summed E-state index contributed by atoms with van der Waals surface area (Å²) in [6.45, 7) is 3.67. The van der Waals surface area contributed by atoms with E-state index in [1.165, 1.54) is 0 Å². The Bertz CT molecular complexity index is 697. The van der Waals surface area contributed by atoms with Gasteiger partial charge in [0, 0.05) is 13.0 Å². The van der Waals surface area contributed by atoms with Crippen LogP contribution in [-0.4, -0.2) is 20.1 Å². The number of nitrogens with one attached hydrogen (secondary N) is 1. The number of aromatic nitrogens is 3. The summed E-state index contributed by atoms with van der Waals surface area (Å²) < 4.78 is 5.49. The van der Waals surface area contributed by atoms with Crippen molar-refractivity contribution in [3.8, 4) is 17.3 Å². The van der Waals surface area contributed by atoms with Crippen LogP contribution < -0.4 is 0 Å². The number of aromatic amines is 1. The van der Waals surface area contributed by atoms with E-state index >= 15 is 0 Å². The van der Waals surface area contributed by atoms with Gasteiger partial charge in [-0.3, -0.25) is 0 Å². The summed E-state index contributed by atoms with van der Waals surface area (Å²) in [5.74, 6) is 2.08. The fourth-order valence-electron chi connectivity index (χ4n) is 1.86. The number of benzene rings is 1. The molecule has 0 spiro atoms. The van der Waals surface area contributed by atoms with Crippen molar-refractivity contribution in [2.45, 2.75) is 13.8 Å². The van der Waals surface area contributed by atoms with Gasteiger partial charge in [-0.2, -0.15) is 0 Å². The molecule has 0 bridgehead atoms. The summed E-state index contributed by atoms with van der Waals surface area (Å²) in [6, 6.07) is 4.99. The third-order valence-electron chi connectivity index (χ3n) is 2.58. The van der Waals surface area contributed by atoms with Crippen LogP contribution in [0.2, 0.25) is 0 Å². The van der Waals surface area contributed by atoms with E-state index in [-0.39, 0.29) is 5.75 Å². The van der Waals surface area contributed by atoms with Crippen molar-refractivity contribution in [3.63, 3.8) is 0 Å². The Morgan fingerprint density at radius 1 is 1.24 bits per heavy atom. The van der Waals surface area contributed by atoms with Gasteiger partial charge in [-0.05, 0) is 19.1 Å². The van der Waals surface area contributed by atoms with E-state index in [1.54, 1.807) is 25.1 Å². The number of aryl methyl sites for hydroxylation is 2. The lowest BCUT2D eigenvalue weighted by molar-refractivity contribution is 0.476. The quantitative estimate of drug-likeness (QED) is 0.672. The Kier molecular flexibility index (Phi) is 1.95. The highest BCUT2D eigenvalue weighted by molar-refractivity contribution is 5.80. The topological polar surface area (TPSA) is 74.9 Å². The van der Waals surface area contributed by atoms with Crippen LogP contribution in [0, 0.1) is 13.8 Å². The molecule has 0 saturated heterocycles. The number of oxazole rings is 1. The first-order valence-electron chi connectivity index (χ1n) is 5.26. The van der Waals surface area contributed by atoms with Crippen LogP contribution in [-0.2, 0) is 0 Å². The number of phenols is 1. The normalized spacial score (nSPS) is 11.2. The molecule has 3 rings (SSSR count). The van der Waals surface area contributed by atoms with Crippen LogP contribution in [0.25, 0.3) is 22.6 Å². The number of rotatable bonds is 1. The van der Waals surface area contributed by atoms with Gasteiger partial charge >= 0.3 is 0 Å². The highest BCUT2D eigenvalue weighted by atomic mass is 16.4. The average Bonchev–Trinajstić information content (AvgIpc) is 2.80. The molecule has 0 amide bonds. The van der Waals surface area contributed by atoms with E-state index in [4.69, 9.17) is 4.42 Å². The molecule has 5 heteroatoms. The zero-order valence-corrected chi connectivity index (χ0v) is 9.48. The molecule has 0 radical (unpaired) electrons. The van der Waals surface area contributed by atoms with Crippen molar-refractivity contribution >= 4 is 11.0 Å². The van der Waals surface area contributed by atoms with Gasteiger partial charge in [0.15, 0.2) is 17.5 Å². The number of imidazole rings is 1. The number of hydrogen-bond donors (Lipinski definition) is 2. The second kappa shape index (κ2) is 3.35. The minimum atomic E-state index is 0.207. The Morgan fingerprint density at radius 3 is 2.76 bits per heavy atom. The Hall–Kier alpha value is -2.30. The molecule has 0 aliphatic heterocycles. The second-order valence-electron chi connectivity index (χ2n) is 3.93. The summed E-state index contributed by atoms with van der Waals surface area (Å²) in [5.41, 5.74) is 2.35. The molecular weight excluding hydrogens is 218 g/mol. The zero-order chi connectivity index (χ0) is 12.0. The first-order valence-corrected chi connectivity index (χ1v) is 5.26. The lowest BCUT2D eigenvalue weighted by atomic mass is 10.3. The van der Waals surface area contributed by atoms with Gasteiger partial charge in [0.05, 0.1) is 16.7 Å². The van der Waals surface area contributed by atoms with Gasteiger partial charge in [0.25, 0.3) is 0 Å². The van der Waals surface area contributed by atoms with Crippen LogP contribution in [0.5, 0.6) is 5.75 Å². The fourth-order valence-corrected chi connectivity index (χ4v) is 1.86. The standard InChI is InChI=1S/C12H11N3O2/c1-6-11(17-7(2)13-6)12-14-9-4-3-8(16)5-10(9)15-12/h3-5,16H,1-2H3,(H,14,15). The predicted octanol–water partition coefficient (Wildman–Crippen LogP) is 2.54. The number of H-pyrrole nitrogens is 1. The largest absolute Gasteiger partial charge is 0.508 e. The van der Waals surface area contributed by atoms with E-state index in [0.717, 1.165) is 16.7 Å². The Balaban J connectivity index is 2.21. The first kappa shape index (κ1) is 9.89. The van der Waals surface area contributed by atoms with Crippen LogP contribution in [0.15, 0.2) is 22.6 Å². The molecule has 5 nitrogen and oxygen atoms in total. The monoisotopic (exact) mass is 229 g/mol. The number of fused-ring (bicyclic) bond motifs is 1. The van der Waals surface area contributed by atoms with Gasteiger partial charge < -0.3 is 14.5 Å². The number of nitrogens with zero attached hydrogens (tertiary/aromatic N) is 2. The third kappa shape index (κ3) is 1.56. The van der Waals surface area contributed by atoms with Gasteiger partial charge in [0.2, 0.25) is 0 Å². The second-order valence-corrected chi connectivity index (χ2v) is 3.93. The Labute approximate surface area is 97.1 Å². The van der Waals surface area contributed by atoms with Crippen LogP contribution in [0.4, 0.5) is 0 Å². The van der Waals surface area contributed by atoms with E-state index in [1.807, 2.05) is 6.92 Å². The number of aromatic hydroxyl groups is 1. The molecule has 0 aliphatic rings. The maximum Gasteiger partial charge on any atom is 0.192 e. The Morgan fingerprint density at radius 2 is 2.06 bits per heavy atom. The lowest BCUT2D eigenvalue weighted by Crippen LogP contribution is -1.80. The number of phenolic OH excluding ortho intramolecular Hbond substituents is 1. The molecular formula is C12H11N3O2. The molecule has 86 valence electrons. The highest BCUT2D eigenvalue weighted by Gasteiger charge is 2.13. The smallest absolute Gasteiger partial charge is 0.192 e. The molecule has 0 aliphatic carbocycles. The van der Waals surface area contributed by atoms with Crippen LogP contribution >= 0.6 is 0 Å². The first-order chi connectivity index (χ1) is 8.13. The van der Waals surface area contributed by atoms with E-state index in [0.29, 0.717) is 17.5 Å². The van der Waals surface area contributed by atoms with Crippen molar-refractivity contribution in [3.05, 3.63) is 29.8 Å². The van der Waals surface area contributed by atoms with Crippen molar-refractivity contribution in [2.75, 3.05) is 0 Å². The maximum absolute atomic E-state index is 9.39. The van der Waals surface area contributed by atoms with Gasteiger partial charge in [-0.15, -0.1) is 0 Å². The van der Waals surface area contributed by atoms with Crippen molar-refractivity contribution in [1.82, 2.24) is 15.0 Å². The molecule has 0 unspecified atom stereocenters.